The van der Waals surface area contributed by atoms with Crippen molar-refractivity contribution in [1.82, 2.24) is 10.2 Å². The van der Waals surface area contributed by atoms with Crippen LogP contribution in [0.2, 0.25) is 0 Å². The normalized spacial score (nSPS) is 19.6. The van der Waals surface area contributed by atoms with Crippen molar-refractivity contribution in [3.05, 3.63) is 24.0 Å². The average molecular weight is 337 g/mol. The van der Waals surface area contributed by atoms with Gasteiger partial charge in [0.25, 0.3) is 0 Å². The summed E-state index contributed by atoms with van der Waals surface area (Å²) < 4.78 is 23.8. The van der Waals surface area contributed by atoms with E-state index in [2.05, 4.69) is 15.5 Å². The van der Waals surface area contributed by atoms with Crippen molar-refractivity contribution in [2.24, 2.45) is 5.41 Å². The number of amides is 2. The van der Waals surface area contributed by atoms with Gasteiger partial charge in [-0.1, -0.05) is 0 Å². The second-order valence-corrected chi connectivity index (χ2v) is 6.54. The minimum atomic E-state index is -0.419. The van der Waals surface area contributed by atoms with Gasteiger partial charge in [-0.15, -0.1) is 0 Å². The fraction of sp³-hybridized carbons (Fsp3) is 0.588. The summed E-state index contributed by atoms with van der Waals surface area (Å²) in [4.78, 5) is 14.5. The van der Waals surface area contributed by atoms with Crippen LogP contribution in [-0.4, -0.2) is 57.4 Å². The van der Waals surface area contributed by atoms with E-state index in [1.165, 1.54) is 25.3 Å². The van der Waals surface area contributed by atoms with Crippen LogP contribution in [0, 0.1) is 11.2 Å². The lowest BCUT2D eigenvalue weighted by Crippen LogP contribution is -2.43. The summed E-state index contributed by atoms with van der Waals surface area (Å²) >= 11 is 0. The molecule has 1 heterocycles. The second-order valence-electron chi connectivity index (χ2n) is 6.54. The molecule has 1 aliphatic carbocycles. The van der Waals surface area contributed by atoms with Gasteiger partial charge in [-0.2, -0.15) is 0 Å². The van der Waals surface area contributed by atoms with Crippen molar-refractivity contribution in [1.29, 1.82) is 0 Å². The largest absolute Gasteiger partial charge is 0.495 e. The number of carbonyl (C=O) groups excluding carboxylic acids is 1. The van der Waals surface area contributed by atoms with Gasteiger partial charge in [0.15, 0.2) is 0 Å². The topological polar surface area (TPSA) is 62.8 Å². The number of ether oxygens (including phenoxy) is 2. The fourth-order valence-corrected chi connectivity index (χ4v) is 3.01. The second kappa shape index (κ2) is 7.36. The molecule has 2 aliphatic rings. The smallest absolute Gasteiger partial charge is 0.319 e. The molecule has 0 aromatic heterocycles. The molecule has 1 saturated carbocycles. The minimum absolute atomic E-state index is 0.167. The Kier molecular flexibility index (Phi) is 5.20. The van der Waals surface area contributed by atoms with Crippen LogP contribution in [-0.2, 0) is 4.74 Å². The van der Waals surface area contributed by atoms with Crippen molar-refractivity contribution >= 4 is 11.7 Å². The number of hydrogen-bond donors (Lipinski definition) is 2. The summed E-state index contributed by atoms with van der Waals surface area (Å²) in [6, 6.07) is 3.70. The van der Waals surface area contributed by atoms with Crippen LogP contribution in [0.3, 0.4) is 0 Å². The first-order chi connectivity index (χ1) is 11.6. The Morgan fingerprint density at radius 2 is 2.12 bits per heavy atom. The van der Waals surface area contributed by atoms with Crippen molar-refractivity contribution in [3.63, 3.8) is 0 Å². The predicted octanol–water partition coefficient (Wildman–Crippen LogP) is 2.07. The summed E-state index contributed by atoms with van der Waals surface area (Å²) in [5.41, 5.74) is 0.494. The van der Waals surface area contributed by atoms with Gasteiger partial charge in [-0.05, 0) is 25.0 Å². The molecule has 3 rings (SSSR count). The van der Waals surface area contributed by atoms with Gasteiger partial charge in [0.2, 0.25) is 0 Å². The molecule has 0 radical (unpaired) electrons. The summed E-state index contributed by atoms with van der Waals surface area (Å²) in [6.45, 7) is 5.07. The first-order valence-electron chi connectivity index (χ1n) is 8.29. The Morgan fingerprint density at radius 3 is 2.79 bits per heavy atom. The number of rotatable bonds is 6. The molecule has 0 bridgehead atoms. The highest BCUT2D eigenvalue weighted by Crippen LogP contribution is 2.45. The molecule has 132 valence electrons. The van der Waals surface area contributed by atoms with Crippen molar-refractivity contribution < 1.29 is 18.7 Å². The SMILES string of the molecule is COc1ccc(F)cc1NC(=O)NCC1(CN2CCOCC2)CC1. The van der Waals surface area contributed by atoms with E-state index in [9.17, 15) is 9.18 Å². The molecular formula is C17H24FN3O3. The van der Waals surface area contributed by atoms with Crippen LogP contribution >= 0.6 is 0 Å². The zero-order chi connectivity index (χ0) is 17.0. The first-order valence-corrected chi connectivity index (χ1v) is 8.29. The molecule has 7 heteroatoms. The highest BCUT2D eigenvalue weighted by atomic mass is 19.1. The van der Waals surface area contributed by atoms with E-state index < -0.39 is 5.82 Å². The number of benzene rings is 1. The maximum Gasteiger partial charge on any atom is 0.319 e. The lowest BCUT2D eigenvalue weighted by molar-refractivity contribution is 0.0286. The Bertz CT molecular complexity index is 586. The molecule has 1 aliphatic heterocycles. The molecule has 0 unspecified atom stereocenters. The van der Waals surface area contributed by atoms with Gasteiger partial charge >= 0.3 is 6.03 Å². The number of anilines is 1. The van der Waals surface area contributed by atoms with Gasteiger partial charge in [0.05, 0.1) is 26.0 Å². The standard InChI is InChI=1S/C17H24FN3O3/c1-23-15-3-2-13(18)10-14(15)20-16(22)19-11-17(4-5-17)12-21-6-8-24-9-7-21/h2-3,10H,4-9,11-12H2,1H3,(H2,19,20,22). The van der Waals surface area contributed by atoms with Gasteiger partial charge in [0, 0.05) is 37.7 Å². The Labute approximate surface area is 141 Å². The maximum atomic E-state index is 13.3. The summed E-state index contributed by atoms with van der Waals surface area (Å²) in [5, 5.41) is 5.57. The van der Waals surface area contributed by atoms with E-state index >= 15 is 0 Å². The summed E-state index contributed by atoms with van der Waals surface area (Å²) in [6.07, 6.45) is 2.24. The number of nitrogens with one attached hydrogen (secondary N) is 2. The quantitative estimate of drug-likeness (QED) is 0.834. The van der Waals surface area contributed by atoms with Crippen LogP contribution in [0.1, 0.15) is 12.8 Å². The lowest BCUT2D eigenvalue weighted by Gasteiger charge is -2.30. The van der Waals surface area contributed by atoms with Crippen molar-refractivity contribution in [2.45, 2.75) is 12.8 Å². The number of halogens is 1. The third kappa shape index (κ3) is 4.36. The molecular weight excluding hydrogens is 313 g/mol. The Morgan fingerprint density at radius 1 is 1.38 bits per heavy atom. The molecule has 2 amide bonds. The lowest BCUT2D eigenvalue weighted by atomic mass is 10.1. The molecule has 6 nitrogen and oxygen atoms in total. The number of carbonyl (C=O) groups is 1. The molecule has 0 atom stereocenters. The van der Waals surface area contributed by atoms with E-state index in [0.29, 0.717) is 18.0 Å². The van der Waals surface area contributed by atoms with Gasteiger partial charge in [-0.25, -0.2) is 9.18 Å². The van der Waals surface area contributed by atoms with Crippen LogP contribution in [0.4, 0.5) is 14.9 Å². The van der Waals surface area contributed by atoms with E-state index in [1.54, 1.807) is 0 Å². The number of hydrogen-bond acceptors (Lipinski definition) is 4. The number of nitrogens with zero attached hydrogens (tertiary/aromatic N) is 1. The average Bonchev–Trinajstić information content (AvgIpc) is 3.34. The van der Waals surface area contributed by atoms with Crippen LogP contribution in [0.5, 0.6) is 5.75 Å². The van der Waals surface area contributed by atoms with E-state index in [4.69, 9.17) is 9.47 Å². The fourth-order valence-electron chi connectivity index (χ4n) is 3.01. The van der Waals surface area contributed by atoms with E-state index in [0.717, 1.165) is 45.7 Å². The third-order valence-corrected chi connectivity index (χ3v) is 4.65. The number of morpholine rings is 1. The van der Waals surface area contributed by atoms with Crippen molar-refractivity contribution in [2.75, 3.05) is 51.8 Å². The van der Waals surface area contributed by atoms with Crippen molar-refractivity contribution in [3.8, 4) is 5.75 Å². The highest BCUT2D eigenvalue weighted by molar-refractivity contribution is 5.90. The molecule has 0 spiro atoms. The third-order valence-electron chi connectivity index (χ3n) is 4.65. The first kappa shape index (κ1) is 17.0. The van der Waals surface area contributed by atoms with Gasteiger partial charge in [0.1, 0.15) is 11.6 Å². The minimum Gasteiger partial charge on any atom is -0.495 e. The zero-order valence-electron chi connectivity index (χ0n) is 13.9. The molecule has 2 fully saturated rings. The van der Waals surface area contributed by atoms with E-state index in [-0.39, 0.29) is 11.4 Å². The highest BCUT2D eigenvalue weighted by Gasteiger charge is 2.44. The summed E-state index contributed by atoms with van der Waals surface area (Å²) in [7, 11) is 1.48. The maximum absolute atomic E-state index is 13.3. The monoisotopic (exact) mass is 337 g/mol. The van der Waals surface area contributed by atoms with Crippen LogP contribution in [0.25, 0.3) is 0 Å². The number of methoxy groups -OCH3 is 1. The Hall–Kier alpha value is -1.86. The zero-order valence-corrected chi connectivity index (χ0v) is 13.9. The van der Waals surface area contributed by atoms with E-state index in [1.807, 2.05) is 0 Å². The van der Waals surface area contributed by atoms with Crippen LogP contribution < -0.4 is 15.4 Å². The number of urea groups is 1. The molecule has 1 aromatic carbocycles. The van der Waals surface area contributed by atoms with Crippen LogP contribution in [0.15, 0.2) is 18.2 Å². The van der Waals surface area contributed by atoms with Gasteiger partial charge in [-0.3, -0.25) is 4.90 Å². The molecule has 2 N–H and O–H groups in total. The van der Waals surface area contributed by atoms with Gasteiger partial charge < -0.3 is 20.1 Å². The molecule has 24 heavy (non-hydrogen) atoms. The molecule has 1 saturated heterocycles. The Balaban J connectivity index is 1.49. The molecule has 1 aromatic rings. The summed E-state index contributed by atoms with van der Waals surface area (Å²) in [5.74, 6) is 0.0121. The predicted molar refractivity (Wildman–Crippen MR) is 88.9 cm³/mol.